The maximum atomic E-state index is 13.1. The minimum Gasteiger partial charge on any atom is -0.462 e. The molecule has 0 fully saturated rings. The third-order valence-electron chi connectivity index (χ3n) is 16.5. The summed E-state index contributed by atoms with van der Waals surface area (Å²) in [6, 6.07) is 0. The van der Waals surface area contributed by atoms with Crippen molar-refractivity contribution in [2.24, 2.45) is 0 Å². The number of rotatable bonds is 75. The predicted octanol–water partition coefficient (Wildman–Crippen LogP) is 24.0. The van der Waals surface area contributed by atoms with Crippen LogP contribution in [0.4, 0.5) is 0 Å². The van der Waals surface area contributed by atoms with E-state index in [0.717, 1.165) is 135 Å². The van der Waals surface area contributed by atoms with Gasteiger partial charge in [-0.3, -0.25) is 37.3 Å². The summed E-state index contributed by atoms with van der Waals surface area (Å²) in [6.07, 6.45) is 91.1. The van der Waals surface area contributed by atoms with Crippen molar-refractivity contribution in [3.63, 3.8) is 0 Å². The molecular formula is C87H144O17P2. The van der Waals surface area contributed by atoms with Gasteiger partial charge in [0.1, 0.15) is 19.3 Å². The highest BCUT2D eigenvalue weighted by Gasteiger charge is 2.30. The molecule has 0 rings (SSSR count). The minimum atomic E-state index is -5.02. The lowest BCUT2D eigenvalue weighted by atomic mass is 10.1. The Kier molecular flexibility index (Phi) is 73.9. The average Bonchev–Trinajstić information content (AvgIpc) is 0.903. The number of phosphoric ester groups is 2. The largest absolute Gasteiger partial charge is 0.472 e. The zero-order valence-corrected chi connectivity index (χ0v) is 67.8. The van der Waals surface area contributed by atoms with Crippen molar-refractivity contribution in [1.82, 2.24) is 0 Å². The molecule has 0 saturated heterocycles. The predicted molar refractivity (Wildman–Crippen MR) is 436 cm³/mol. The highest BCUT2D eigenvalue weighted by Crippen LogP contribution is 2.45. The molecule has 0 radical (unpaired) electrons. The van der Waals surface area contributed by atoms with Crippen LogP contribution in [0.2, 0.25) is 0 Å². The number of carbonyl (C=O) groups excluding carboxylic acids is 4. The van der Waals surface area contributed by atoms with E-state index in [0.29, 0.717) is 38.5 Å². The van der Waals surface area contributed by atoms with Gasteiger partial charge in [-0.15, -0.1) is 0 Å². The van der Waals surface area contributed by atoms with E-state index < -0.39 is 97.5 Å². The van der Waals surface area contributed by atoms with E-state index in [2.05, 4.69) is 149 Å². The van der Waals surface area contributed by atoms with Gasteiger partial charge in [-0.1, -0.05) is 282 Å². The van der Waals surface area contributed by atoms with Crippen LogP contribution in [-0.4, -0.2) is 96.7 Å². The van der Waals surface area contributed by atoms with Crippen LogP contribution in [0.5, 0.6) is 0 Å². The molecular weight excluding hydrogens is 1380 g/mol. The first kappa shape index (κ1) is 101. The average molecular weight is 1520 g/mol. The number of allylic oxidation sites excluding steroid dienone is 26. The summed E-state index contributed by atoms with van der Waals surface area (Å²) in [5.74, 6) is -2.40. The molecule has 0 saturated carbocycles. The van der Waals surface area contributed by atoms with Gasteiger partial charge in [0.25, 0.3) is 0 Å². The van der Waals surface area contributed by atoms with Crippen molar-refractivity contribution < 1.29 is 80.2 Å². The Hall–Kier alpha value is -5.32. The fourth-order valence-corrected chi connectivity index (χ4v) is 11.8. The Labute approximate surface area is 642 Å². The van der Waals surface area contributed by atoms with Gasteiger partial charge >= 0.3 is 39.5 Å². The number of hydrogen-bond donors (Lipinski definition) is 3. The number of unbranched alkanes of at least 4 members (excludes halogenated alkanes) is 23. The zero-order valence-electron chi connectivity index (χ0n) is 66.1. The molecule has 17 nitrogen and oxygen atoms in total. The summed E-state index contributed by atoms with van der Waals surface area (Å²) in [5.41, 5.74) is 0. The first-order valence-electron chi connectivity index (χ1n) is 40.7. The summed E-state index contributed by atoms with van der Waals surface area (Å²) >= 11 is 0. The van der Waals surface area contributed by atoms with Crippen LogP contribution in [-0.2, 0) is 65.4 Å². The monoisotopic (exact) mass is 1520 g/mol. The molecule has 0 amide bonds. The Morgan fingerprint density at radius 1 is 0.264 bits per heavy atom. The summed E-state index contributed by atoms with van der Waals surface area (Å²) in [6.45, 7) is 4.58. The Balaban J connectivity index is 5.52. The second-order valence-corrected chi connectivity index (χ2v) is 29.5. The van der Waals surface area contributed by atoms with E-state index in [1.165, 1.54) is 83.5 Å². The molecule has 0 aromatic heterocycles. The fourth-order valence-electron chi connectivity index (χ4n) is 10.2. The molecule has 604 valence electrons. The molecule has 0 aromatic carbocycles. The summed E-state index contributed by atoms with van der Waals surface area (Å²) in [7, 11) is -10.0. The van der Waals surface area contributed by atoms with Gasteiger partial charge in [0.2, 0.25) is 0 Å². The second kappa shape index (κ2) is 77.8. The van der Waals surface area contributed by atoms with Crippen molar-refractivity contribution in [1.29, 1.82) is 0 Å². The van der Waals surface area contributed by atoms with Crippen LogP contribution in [0.1, 0.15) is 310 Å². The zero-order chi connectivity index (χ0) is 77.4. The normalized spacial score (nSPS) is 14.7. The quantitative estimate of drug-likeness (QED) is 0.0169. The maximum absolute atomic E-state index is 13.1. The second-order valence-electron chi connectivity index (χ2n) is 26.6. The lowest BCUT2D eigenvalue weighted by molar-refractivity contribution is -0.161. The molecule has 0 aliphatic rings. The van der Waals surface area contributed by atoms with Crippen molar-refractivity contribution in [3.8, 4) is 0 Å². The van der Waals surface area contributed by atoms with Crippen molar-refractivity contribution in [3.05, 3.63) is 158 Å². The first-order valence-corrected chi connectivity index (χ1v) is 43.7. The lowest BCUT2D eigenvalue weighted by Gasteiger charge is -2.21. The number of esters is 4. The first-order chi connectivity index (χ1) is 51.7. The summed E-state index contributed by atoms with van der Waals surface area (Å²) < 4.78 is 68.4. The Bertz CT molecular complexity index is 2630. The van der Waals surface area contributed by atoms with Crippen LogP contribution < -0.4 is 0 Å². The summed E-state index contributed by atoms with van der Waals surface area (Å²) in [5, 5.41) is 10.6. The molecule has 106 heavy (non-hydrogen) atoms. The van der Waals surface area contributed by atoms with Crippen LogP contribution in [0.3, 0.4) is 0 Å². The van der Waals surface area contributed by atoms with Gasteiger partial charge in [0.15, 0.2) is 12.2 Å². The number of aliphatic hydroxyl groups is 1. The fraction of sp³-hybridized carbons (Fsp3) is 0.655. The van der Waals surface area contributed by atoms with E-state index in [-0.39, 0.29) is 25.7 Å². The SMILES string of the molecule is CCCCC/C=C\C/C=C\C/C=C\C/C=C\C/C=C\CCC(=O)OC[C@H](COP(=O)(O)OC[C@@H](O)COP(=O)(O)OC[C@@H](COC(=O)CCCCCCC/C=C\C/C=C\CCCCC)OC(=O)CCCCCCC/C=C\CCCCCC)OC(=O)CC/C=C\C/C=C\C/C=C\C/C=C\C/C=C\CCCCC. The molecule has 0 heterocycles. The van der Waals surface area contributed by atoms with Crippen LogP contribution in [0, 0.1) is 0 Å². The van der Waals surface area contributed by atoms with Crippen LogP contribution in [0.15, 0.2) is 158 Å². The topological polar surface area (TPSA) is 237 Å². The molecule has 19 heteroatoms. The smallest absolute Gasteiger partial charge is 0.462 e. The highest BCUT2D eigenvalue weighted by molar-refractivity contribution is 7.47. The molecule has 5 atom stereocenters. The van der Waals surface area contributed by atoms with E-state index in [9.17, 15) is 43.2 Å². The van der Waals surface area contributed by atoms with Crippen LogP contribution >= 0.6 is 15.6 Å². The molecule has 0 aromatic rings. The standard InChI is InChI=1S/C87H144O17P2/c1-5-9-13-17-21-25-29-33-36-38-40-42-45-49-52-56-60-64-68-72-85(90)98-78-83(104-87(92)74-70-66-62-58-54-50-46-43-41-39-37-34-30-26-22-18-14-10-6-2)80-102-106(95,96)100-76-81(88)75-99-105(93,94)101-79-82(103-86(91)73-69-65-61-57-53-47-32-28-24-20-16-12-8-4)77-97-84(89)71-67-63-59-55-51-48-44-35-31-27-23-19-15-11-7-3/h21-23,25-28,32-37,40-44,49-50,52,54,60,62,64,66,81-83,88H,5-20,24,29-31,38-39,45-48,51,53,55-59,61,63,65,67-80H2,1-4H3,(H,93,94)(H,95,96)/b25-21-,26-22-,27-23-,32-28-,36-33-,37-34-,42-40-,43-41-,44-35-,52-49-,54-50-,64-60-,66-62-/t81-,82+,83+/m0/s1. The van der Waals surface area contributed by atoms with Gasteiger partial charge in [0, 0.05) is 25.7 Å². The number of ether oxygens (including phenoxy) is 4. The number of hydrogen-bond acceptors (Lipinski definition) is 15. The van der Waals surface area contributed by atoms with Gasteiger partial charge in [0.05, 0.1) is 26.4 Å². The Morgan fingerprint density at radius 2 is 0.481 bits per heavy atom. The van der Waals surface area contributed by atoms with E-state index in [1.807, 2.05) is 36.5 Å². The van der Waals surface area contributed by atoms with Crippen molar-refractivity contribution in [2.75, 3.05) is 39.6 Å². The lowest BCUT2D eigenvalue weighted by Crippen LogP contribution is -2.30. The van der Waals surface area contributed by atoms with Gasteiger partial charge in [-0.25, -0.2) is 9.13 Å². The molecule has 0 aliphatic heterocycles. The van der Waals surface area contributed by atoms with Gasteiger partial charge in [-0.05, 0) is 161 Å². The number of aliphatic hydroxyl groups excluding tert-OH is 1. The van der Waals surface area contributed by atoms with Crippen molar-refractivity contribution >= 4 is 39.5 Å². The molecule has 0 bridgehead atoms. The summed E-state index contributed by atoms with van der Waals surface area (Å²) in [4.78, 5) is 73.0. The maximum Gasteiger partial charge on any atom is 0.472 e. The van der Waals surface area contributed by atoms with Gasteiger partial charge in [-0.2, -0.15) is 0 Å². The molecule has 3 N–H and O–H groups in total. The molecule has 2 unspecified atom stereocenters. The minimum absolute atomic E-state index is 0.0172. The molecule has 0 spiro atoms. The van der Waals surface area contributed by atoms with Crippen LogP contribution in [0.25, 0.3) is 0 Å². The van der Waals surface area contributed by atoms with E-state index in [1.54, 1.807) is 0 Å². The van der Waals surface area contributed by atoms with E-state index >= 15 is 0 Å². The third-order valence-corrected chi connectivity index (χ3v) is 18.4. The van der Waals surface area contributed by atoms with Gasteiger partial charge < -0.3 is 33.8 Å². The highest BCUT2D eigenvalue weighted by atomic mass is 31.2. The Morgan fingerprint density at radius 3 is 0.811 bits per heavy atom. The van der Waals surface area contributed by atoms with E-state index in [4.69, 9.17) is 37.0 Å². The van der Waals surface area contributed by atoms with Crippen molar-refractivity contribution in [2.45, 2.75) is 329 Å². The number of carbonyl (C=O) groups is 4. The number of phosphoric acid groups is 2. The third kappa shape index (κ3) is 76.9. The molecule has 0 aliphatic carbocycles.